The average Bonchev–Trinajstić information content (AvgIpc) is 2.83. The molecule has 3 aromatic rings. The maximum atomic E-state index is 12.4. The Morgan fingerprint density at radius 3 is 2.38 bits per heavy atom. The first kappa shape index (κ1) is 20.8. The SMILES string of the molecule is COc1ccc(C2C(C#N)=C(N)Oc3cc(OC(=O)c4ccccc4)ccc32)c(OC)c1. The highest BCUT2D eigenvalue weighted by atomic mass is 16.5. The Bertz CT molecular complexity index is 1240. The summed E-state index contributed by atoms with van der Waals surface area (Å²) in [4.78, 5) is 12.4. The van der Waals surface area contributed by atoms with Crippen LogP contribution in [0, 0.1) is 11.3 Å². The zero-order valence-corrected chi connectivity index (χ0v) is 17.5. The number of fused-ring (bicyclic) bond motifs is 1. The molecule has 0 amide bonds. The third-order valence-electron chi connectivity index (χ3n) is 5.16. The van der Waals surface area contributed by atoms with Crippen molar-refractivity contribution in [3.8, 4) is 29.1 Å². The van der Waals surface area contributed by atoms with Gasteiger partial charge in [-0.05, 0) is 24.3 Å². The van der Waals surface area contributed by atoms with Gasteiger partial charge in [-0.1, -0.05) is 30.3 Å². The van der Waals surface area contributed by atoms with Gasteiger partial charge >= 0.3 is 5.97 Å². The molecule has 32 heavy (non-hydrogen) atoms. The number of nitrogens with two attached hydrogens (primary N) is 1. The molecule has 7 heteroatoms. The second-order valence-electron chi connectivity index (χ2n) is 6.99. The summed E-state index contributed by atoms with van der Waals surface area (Å²) in [6.07, 6.45) is 0. The highest BCUT2D eigenvalue weighted by Crippen LogP contribution is 2.46. The summed E-state index contributed by atoms with van der Waals surface area (Å²) in [7, 11) is 3.11. The second-order valence-corrected chi connectivity index (χ2v) is 6.99. The molecule has 2 N–H and O–H groups in total. The van der Waals surface area contributed by atoms with E-state index in [-0.39, 0.29) is 11.5 Å². The van der Waals surface area contributed by atoms with Gasteiger partial charge in [-0.25, -0.2) is 4.79 Å². The molecule has 0 saturated carbocycles. The van der Waals surface area contributed by atoms with Crippen molar-refractivity contribution in [3.05, 3.63) is 94.9 Å². The van der Waals surface area contributed by atoms with Crippen molar-refractivity contribution in [3.63, 3.8) is 0 Å². The van der Waals surface area contributed by atoms with Crippen LogP contribution in [-0.2, 0) is 0 Å². The third kappa shape index (κ3) is 3.82. The van der Waals surface area contributed by atoms with Crippen LogP contribution in [0.5, 0.6) is 23.0 Å². The molecule has 3 aromatic carbocycles. The standard InChI is InChI=1S/C25H20N2O5/c1-29-16-8-10-18(21(12-16)30-2)23-19-11-9-17(13-22(19)32-24(27)20(23)14-26)31-25(28)15-6-4-3-5-7-15/h3-13,23H,27H2,1-2H3. The predicted octanol–water partition coefficient (Wildman–Crippen LogP) is 4.14. The van der Waals surface area contributed by atoms with Crippen LogP contribution in [0.1, 0.15) is 27.4 Å². The maximum absolute atomic E-state index is 12.4. The van der Waals surface area contributed by atoms with E-state index in [0.29, 0.717) is 34.1 Å². The third-order valence-corrected chi connectivity index (χ3v) is 5.16. The largest absolute Gasteiger partial charge is 0.497 e. The molecule has 0 saturated heterocycles. The quantitative estimate of drug-likeness (QED) is 0.481. The van der Waals surface area contributed by atoms with Gasteiger partial charge in [0.25, 0.3) is 0 Å². The van der Waals surface area contributed by atoms with Crippen molar-refractivity contribution < 1.29 is 23.7 Å². The molecule has 0 aromatic heterocycles. The van der Waals surface area contributed by atoms with E-state index in [1.165, 1.54) is 0 Å². The van der Waals surface area contributed by atoms with Crippen LogP contribution in [-0.4, -0.2) is 20.2 Å². The summed E-state index contributed by atoms with van der Waals surface area (Å²) in [6.45, 7) is 0. The number of carbonyl (C=O) groups excluding carboxylic acids is 1. The Balaban J connectivity index is 1.74. The molecule has 1 unspecified atom stereocenters. The molecule has 0 fully saturated rings. The highest BCUT2D eigenvalue weighted by molar-refractivity contribution is 5.91. The van der Waals surface area contributed by atoms with Gasteiger partial charge < -0.3 is 24.7 Å². The van der Waals surface area contributed by atoms with Gasteiger partial charge in [0.05, 0.1) is 25.7 Å². The molecule has 0 radical (unpaired) electrons. The lowest BCUT2D eigenvalue weighted by molar-refractivity contribution is 0.0734. The summed E-state index contributed by atoms with van der Waals surface area (Å²) in [5, 5.41) is 9.78. The molecular weight excluding hydrogens is 408 g/mol. The van der Waals surface area contributed by atoms with Gasteiger partial charge in [0.2, 0.25) is 5.88 Å². The number of hydrogen-bond acceptors (Lipinski definition) is 7. The van der Waals surface area contributed by atoms with Gasteiger partial charge in [-0.15, -0.1) is 0 Å². The van der Waals surface area contributed by atoms with Crippen molar-refractivity contribution >= 4 is 5.97 Å². The lowest BCUT2D eigenvalue weighted by atomic mass is 9.83. The molecule has 160 valence electrons. The van der Waals surface area contributed by atoms with E-state index >= 15 is 0 Å². The lowest BCUT2D eigenvalue weighted by Gasteiger charge is -2.27. The van der Waals surface area contributed by atoms with Gasteiger partial charge in [-0.3, -0.25) is 0 Å². The minimum atomic E-state index is -0.525. The first-order valence-electron chi connectivity index (χ1n) is 9.76. The lowest BCUT2D eigenvalue weighted by Crippen LogP contribution is -2.21. The van der Waals surface area contributed by atoms with Crippen molar-refractivity contribution in [1.29, 1.82) is 5.26 Å². The van der Waals surface area contributed by atoms with Crippen molar-refractivity contribution in [2.24, 2.45) is 5.73 Å². The van der Waals surface area contributed by atoms with Crippen LogP contribution >= 0.6 is 0 Å². The first-order valence-corrected chi connectivity index (χ1v) is 9.76. The molecule has 0 bridgehead atoms. The molecule has 1 aliphatic rings. The maximum Gasteiger partial charge on any atom is 0.343 e. The molecule has 1 aliphatic heterocycles. The van der Waals surface area contributed by atoms with Crippen LogP contribution in [0.4, 0.5) is 0 Å². The van der Waals surface area contributed by atoms with Crippen LogP contribution in [0.15, 0.2) is 78.2 Å². The van der Waals surface area contributed by atoms with Crippen LogP contribution < -0.4 is 24.7 Å². The number of esters is 1. The Hall–Kier alpha value is -4.44. The number of allylic oxidation sites excluding steroid dienone is 1. The van der Waals surface area contributed by atoms with E-state index in [0.717, 1.165) is 5.56 Å². The molecular formula is C25H20N2O5. The Labute approximate surface area is 185 Å². The van der Waals surface area contributed by atoms with Crippen LogP contribution in [0.2, 0.25) is 0 Å². The number of nitrogens with zero attached hydrogens (tertiary/aromatic N) is 1. The van der Waals surface area contributed by atoms with Crippen molar-refractivity contribution in [2.45, 2.75) is 5.92 Å². The number of methoxy groups -OCH3 is 2. The Morgan fingerprint density at radius 2 is 1.69 bits per heavy atom. The molecule has 4 rings (SSSR count). The summed E-state index contributed by atoms with van der Waals surface area (Å²) in [5.74, 6) is 0.821. The number of rotatable bonds is 5. The Morgan fingerprint density at radius 1 is 0.969 bits per heavy atom. The van der Waals surface area contributed by atoms with Gasteiger partial charge in [-0.2, -0.15) is 5.26 Å². The van der Waals surface area contributed by atoms with E-state index in [9.17, 15) is 10.1 Å². The molecule has 0 spiro atoms. The summed E-state index contributed by atoms with van der Waals surface area (Å²) >= 11 is 0. The normalized spacial score (nSPS) is 14.6. The Kier molecular flexibility index (Phi) is 5.69. The van der Waals surface area contributed by atoms with Crippen LogP contribution in [0.3, 0.4) is 0 Å². The highest BCUT2D eigenvalue weighted by Gasteiger charge is 2.33. The zero-order chi connectivity index (χ0) is 22.7. The molecule has 1 heterocycles. The topological polar surface area (TPSA) is 104 Å². The van der Waals surface area contributed by atoms with Gasteiger partial charge in [0.1, 0.15) is 34.6 Å². The van der Waals surface area contributed by atoms with Crippen LogP contribution in [0.25, 0.3) is 0 Å². The number of hydrogen-bond donors (Lipinski definition) is 1. The number of ether oxygens (including phenoxy) is 4. The number of benzene rings is 3. The summed E-state index contributed by atoms with van der Waals surface area (Å²) in [5.41, 5.74) is 8.19. The van der Waals surface area contributed by atoms with Gasteiger partial charge in [0.15, 0.2) is 0 Å². The molecule has 0 aliphatic carbocycles. The van der Waals surface area contributed by atoms with E-state index in [1.807, 2.05) is 12.1 Å². The molecule has 1 atom stereocenters. The van der Waals surface area contributed by atoms with E-state index < -0.39 is 11.9 Å². The monoisotopic (exact) mass is 428 g/mol. The van der Waals surface area contributed by atoms with E-state index in [2.05, 4.69) is 6.07 Å². The summed E-state index contributed by atoms with van der Waals surface area (Å²) in [6, 6.07) is 21.2. The van der Waals surface area contributed by atoms with Gasteiger partial charge in [0, 0.05) is 23.3 Å². The zero-order valence-electron chi connectivity index (χ0n) is 17.5. The van der Waals surface area contributed by atoms with Crippen molar-refractivity contribution in [1.82, 2.24) is 0 Å². The van der Waals surface area contributed by atoms with Crippen molar-refractivity contribution in [2.75, 3.05) is 14.2 Å². The average molecular weight is 428 g/mol. The minimum absolute atomic E-state index is 0.0191. The predicted molar refractivity (Wildman–Crippen MR) is 117 cm³/mol. The second kappa shape index (κ2) is 8.74. The minimum Gasteiger partial charge on any atom is -0.497 e. The van der Waals surface area contributed by atoms with E-state index in [1.54, 1.807) is 68.8 Å². The number of nitriles is 1. The fourth-order valence-corrected chi connectivity index (χ4v) is 3.62. The van der Waals surface area contributed by atoms with E-state index in [4.69, 9.17) is 24.7 Å². The summed E-state index contributed by atoms with van der Waals surface area (Å²) < 4.78 is 22.0. The fourth-order valence-electron chi connectivity index (χ4n) is 3.62. The fraction of sp³-hybridized carbons (Fsp3) is 0.120. The number of carbonyl (C=O) groups is 1. The smallest absolute Gasteiger partial charge is 0.343 e. The first-order chi connectivity index (χ1) is 15.5. The molecule has 7 nitrogen and oxygen atoms in total.